The average molecular weight is 337 g/mol. The number of hydrogen-bond donors (Lipinski definition) is 1. The summed E-state index contributed by atoms with van der Waals surface area (Å²) in [6.07, 6.45) is 0. The van der Waals surface area contributed by atoms with E-state index in [9.17, 15) is 14.0 Å². The predicted molar refractivity (Wildman–Crippen MR) is 92.6 cm³/mol. The standard InChI is InChI=1S/C18H28FN3O2/c1-13(2)21(11-16(20)23)12-17(24)22(18(3,4)5)10-14-7-6-8-15(19)9-14/h6-9,13H,10-12H2,1-5H3,(H2,20,23). The number of carbonyl (C=O) groups is 2. The van der Waals surface area contributed by atoms with E-state index in [2.05, 4.69) is 0 Å². The highest BCUT2D eigenvalue weighted by molar-refractivity contribution is 5.81. The molecule has 0 radical (unpaired) electrons. The molecule has 24 heavy (non-hydrogen) atoms. The van der Waals surface area contributed by atoms with Crippen LogP contribution in [0.3, 0.4) is 0 Å². The average Bonchev–Trinajstić information content (AvgIpc) is 2.42. The van der Waals surface area contributed by atoms with Gasteiger partial charge in [0.2, 0.25) is 11.8 Å². The molecule has 0 fully saturated rings. The fourth-order valence-corrected chi connectivity index (χ4v) is 2.40. The van der Waals surface area contributed by atoms with Gasteiger partial charge in [0, 0.05) is 18.1 Å². The predicted octanol–water partition coefficient (Wildman–Crippen LogP) is 2.15. The lowest BCUT2D eigenvalue weighted by Crippen LogP contribution is -2.51. The highest BCUT2D eigenvalue weighted by Gasteiger charge is 2.28. The molecule has 5 nitrogen and oxygen atoms in total. The van der Waals surface area contributed by atoms with Crippen molar-refractivity contribution < 1.29 is 14.0 Å². The molecule has 0 aliphatic rings. The van der Waals surface area contributed by atoms with Gasteiger partial charge in [-0.3, -0.25) is 14.5 Å². The van der Waals surface area contributed by atoms with Gasteiger partial charge in [0.25, 0.3) is 0 Å². The van der Waals surface area contributed by atoms with Crippen molar-refractivity contribution >= 4 is 11.8 Å². The Kier molecular flexibility index (Phi) is 6.90. The molecule has 1 rings (SSSR count). The largest absolute Gasteiger partial charge is 0.369 e. The first kappa shape index (κ1) is 20.1. The Morgan fingerprint density at radius 1 is 1.21 bits per heavy atom. The highest BCUT2D eigenvalue weighted by atomic mass is 19.1. The summed E-state index contributed by atoms with van der Waals surface area (Å²) in [5.41, 5.74) is 5.56. The first-order valence-corrected chi connectivity index (χ1v) is 8.08. The zero-order chi connectivity index (χ0) is 18.5. The van der Waals surface area contributed by atoms with Crippen LogP contribution in [0.4, 0.5) is 4.39 Å². The Morgan fingerprint density at radius 2 is 1.83 bits per heavy atom. The molecule has 2 amide bonds. The molecule has 2 N–H and O–H groups in total. The molecular weight excluding hydrogens is 309 g/mol. The minimum atomic E-state index is -0.469. The second-order valence-corrected chi connectivity index (χ2v) is 7.25. The van der Waals surface area contributed by atoms with Crippen molar-refractivity contribution in [1.82, 2.24) is 9.80 Å². The van der Waals surface area contributed by atoms with Gasteiger partial charge in [-0.05, 0) is 52.3 Å². The van der Waals surface area contributed by atoms with E-state index < -0.39 is 11.4 Å². The first-order chi connectivity index (χ1) is 11.0. The molecule has 0 atom stereocenters. The quantitative estimate of drug-likeness (QED) is 0.829. The first-order valence-electron chi connectivity index (χ1n) is 8.08. The van der Waals surface area contributed by atoms with Crippen LogP contribution in [-0.2, 0) is 16.1 Å². The maximum absolute atomic E-state index is 13.4. The van der Waals surface area contributed by atoms with Crippen LogP contribution in [-0.4, -0.2) is 46.3 Å². The smallest absolute Gasteiger partial charge is 0.237 e. The lowest BCUT2D eigenvalue weighted by molar-refractivity contribution is -0.138. The van der Waals surface area contributed by atoms with E-state index in [1.807, 2.05) is 34.6 Å². The van der Waals surface area contributed by atoms with Crippen molar-refractivity contribution in [2.45, 2.75) is 52.7 Å². The molecule has 6 heteroatoms. The van der Waals surface area contributed by atoms with Crippen LogP contribution < -0.4 is 5.73 Å². The van der Waals surface area contributed by atoms with Gasteiger partial charge >= 0.3 is 0 Å². The summed E-state index contributed by atoms with van der Waals surface area (Å²) in [7, 11) is 0. The minimum absolute atomic E-state index is 0.0115. The van der Waals surface area contributed by atoms with E-state index in [1.165, 1.54) is 12.1 Å². The van der Waals surface area contributed by atoms with Crippen LogP contribution in [0.25, 0.3) is 0 Å². The van der Waals surface area contributed by atoms with Gasteiger partial charge < -0.3 is 10.6 Å². The monoisotopic (exact) mass is 337 g/mol. The zero-order valence-corrected chi connectivity index (χ0v) is 15.2. The third kappa shape index (κ3) is 6.28. The summed E-state index contributed by atoms with van der Waals surface area (Å²) in [5.74, 6) is -0.919. The molecule has 0 unspecified atom stereocenters. The lowest BCUT2D eigenvalue weighted by Gasteiger charge is -2.38. The molecule has 0 bridgehead atoms. The Hall–Kier alpha value is -1.95. The van der Waals surface area contributed by atoms with Gasteiger partial charge in [-0.15, -0.1) is 0 Å². The van der Waals surface area contributed by atoms with E-state index in [-0.39, 0.29) is 30.9 Å². The van der Waals surface area contributed by atoms with E-state index in [0.717, 1.165) is 5.56 Å². The number of hydrogen-bond acceptors (Lipinski definition) is 3. The molecule has 134 valence electrons. The van der Waals surface area contributed by atoms with E-state index >= 15 is 0 Å². The Labute approximate surface area is 143 Å². The number of nitrogens with zero attached hydrogens (tertiary/aromatic N) is 2. The van der Waals surface area contributed by atoms with Gasteiger partial charge in [0.05, 0.1) is 13.1 Å². The normalized spacial score (nSPS) is 11.8. The highest BCUT2D eigenvalue weighted by Crippen LogP contribution is 2.19. The number of nitrogens with two attached hydrogens (primary N) is 1. The third-order valence-electron chi connectivity index (χ3n) is 3.77. The molecule has 0 heterocycles. The number of rotatable bonds is 7. The van der Waals surface area contributed by atoms with E-state index in [0.29, 0.717) is 6.54 Å². The number of amides is 2. The molecule has 1 aromatic rings. The Bertz CT molecular complexity index is 582. The SMILES string of the molecule is CC(C)N(CC(N)=O)CC(=O)N(Cc1cccc(F)c1)C(C)(C)C. The maximum atomic E-state index is 13.4. The summed E-state index contributed by atoms with van der Waals surface area (Å²) >= 11 is 0. The van der Waals surface area contributed by atoms with E-state index in [1.54, 1.807) is 21.9 Å². The Morgan fingerprint density at radius 3 is 2.29 bits per heavy atom. The number of benzene rings is 1. The summed E-state index contributed by atoms with van der Waals surface area (Å²) in [5, 5.41) is 0. The summed E-state index contributed by atoms with van der Waals surface area (Å²) in [6.45, 7) is 10.0. The topological polar surface area (TPSA) is 66.6 Å². The number of carbonyl (C=O) groups excluding carboxylic acids is 2. The molecule has 0 spiro atoms. The summed E-state index contributed by atoms with van der Waals surface area (Å²) in [6, 6.07) is 6.23. The van der Waals surface area contributed by atoms with Gasteiger partial charge in [-0.25, -0.2) is 4.39 Å². The van der Waals surface area contributed by atoms with Gasteiger partial charge in [-0.2, -0.15) is 0 Å². The maximum Gasteiger partial charge on any atom is 0.237 e. The Balaban J connectivity index is 2.95. The summed E-state index contributed by atoms with van der Waals surface area (Å²) in [4.78, 5) is 27.4. The zero-order valence-electron chi connectivity index (χ0n) is 15.2. The molecule has 0 aliphatic heterocycles. The van der Waals surface area contributed by atoms with Crippen molar-refractivity contribution in [2.75, 3.05) is 13.1 Å². The number of halogens is 1. The molecule has 0 saturated heterocycles. The van der Waals surface area contributed by atoms with Crippen molar-refractivity contribution in [1.29, 1.82) is 0 Å². The van der Waals surface area contributed by atoms with Crippen molar-refractivity contribution in [3.63, 3.8) is 0 Å². The van der Waals surface area contributed by atoms with Crippen molar-refractivity contribution in [2.24, 2.45) is 5.73 Å². The fraction of sp³-hybridized carbons (Fsp3) is 0.556. The minimum Gasteiger partial charge on any atom is -0.369 e. The second-order valence-electron chi connectivity index (χ2n) is 7.25. The summed E-state index contributed by atoms with van der Waals surface area (Å²) < 4.78 is 13.4. The number of primary amides is 1. The molecular formula is C18H28FN3O2. The lowest BCUT2D eigenvalue weighted by atomic mass is 10.0. The van der Waals surface area contributed by atoms with Gasteiger partial charge in [-0.1, -0.05) is 12.1 Å². The van der Waals surface area contributed by atoms with Crippen LogP contribution >= 0.6 is 0 Å². The second kappa shape index (κ2) is 8.24. The van der Waals surface area contributed by atoms with Gasteiger partial charge in [0.15, 0.2) is 0 Å². The van der Waals surface area contributed by atoms with Crippen LogP contribution in [0.2, 0.25) is 0 Å². The van der Waals surface area contributed by atoms with Crippen LogP contribution in [0.15, 0.2) is 24.3 Å². The van der Waals surface area contributed by atoms with Crippen molar-refractivity contribution in [3.05, 3.63) is 35.6 Å². The molecule has 0 aliphatic carbocycles. The third-order valence-corrected chi connectivity index (χ3v) is 3.77. The van der Waals surface area contributed by atoms with Gasteiger partial charge in [0.1, 0.15) is 5.82 Å². The molecule has 0 aromatic heterocycles. The van der Waals surface area contributed by atoms with Crippen molar-refractivity contribution in [3.8, 4) is 0 Å². The van der Waals surface area contributed by atoms with Crippen LogP contribution in [0, 0.1) is 5.82 Å². The molecule has 0 saturated carbocycles. The fourth-order valence-electron chi connectivity index (χ4n) is 2.40. The van der Waals surface area contributed by atoms with Crippen LogP contribution in [0.1, 0.15) is 40.2 Å². The van der Waals surface area contributed by atoms with E-state index in [4.69, 9.17) is 5.73 Å². The molecule has 1 aromatic carbocycles. The van der Waals surface area contributed by atoms with Crippen LogP contribution in [0.5, 0.6) is 0 Å².